The number of benzene rings is 5. The maximum atomic E-state index is 15.2. The van der Waals surface area contributed by atoms with Crippen molar-refractivity contribution < 1.29 is 75.9 Å². The van der Waals surface area contributed by atoms with Crippen molar-refractivity contribution in [3.8, 4) is 28.7 Å². The Morgan fingerprint density at radius 3 is 2.00 bits per heavy atom. The van der Waals surface area contributed by atoms with Gasteiger partial charge in [-0.15, -0.1) is 0 Å². The molecule has 4 atom stereocenters. The molecule has 5 aliphatic rings. The van der Waals surface area contributed by atoms with Crippen molar-refractivity contribution in [2.24, 2.45) is 5.41 Å². The van der Waals surface area contributed by atoms with Gasteiger partial charge < -0.3 is 68.1 Å². The Morgan fingerprint density at radius 1 is 0.737 bits per heavy atom. The van der Waals surface area contributed by atoms with Gasteiger partial charge in [-0.25, -0.2) is 19.3 Å². The van der Waals surface area contributed by atoms with E-state index in [2.05, 4.69) is 63.0 Å². The van der Waals surface area contributed by atoms with Gasteiger partial charge in [-0.3, -0.25) is 24.1 Å². The molecule has 10 rings (SSSR count). The van der Waals surface area contributed by atoms with Crippen LogP contribution in [0.1, 0.15) is 90.3 Å². The quantitative estimate of drug-likeness (QED) is 0.0213. The van der Waals surface area contributed by atoms with Crippen LogP contribution in [0.5, 0.6) is 28.7 Å². The van der Waals surface area contributed by atoms with Crippen molar-refractivity contribution in [3.05, 3.63) is 162 Å². The number of rotatable bonds is 25. The van der Waals surface area contributed by atoms with E-state index in [1.807, 2.05) is 65.7 Å². The summed E-state index contributed by atoms with van der Waals surface area (Å²) in [6.07, 6.45) is 4.90. The van der Waals surface area contributed by atoms with E-state index in [1.165, 1.54) is 36.2 Å². The Hall–Kier alpha value is -9.81. The van der Waals surface area contributed by atoms with Crippen molar-refractivity contribution in [2.75, 3.05) is 82.5 Å². The zero-order valence-electron chi connectivity index (χ0n) is 55.0. The lowest BCUT2D eigenvalue weighted by atomic mass is 10.0. The molecule has 1 spiro atoms. The first-order chi connectivity index (χ1) is 45.6. The summed E-state index contributed by atoms with van der Waals surface area (Å²) in [6.45, 7) is 17.8. The van der Waals surface area contributed by atoms with Crippen LogP contribution in [-0.2, 0) is 41.3 Å². The molecule has 23 nitrogen and oxygen atoms in total. The lowest BCUT2D eigenvalue weighted by Crippen LogP contribution is -2.58. The second kappa shape index (κ2) is 29.2. The summed E-state index contributed by atoms with van der Waals surface area (Å²) >= 11 is 0. The number of carbonyl (C=O) groups is 7. The Labute approximate surface area is 554 Å². The number of alkyl carbamates (subject to hydrolysis) is 1. The molecule has 1 aliphatic carbocycles. The van der Waals surface area contributed by atoms with E-state index in [0.717, 1.165) is 29.5 Å². The van der Waals surface area contributed by atoms with Gasteiger partial charge in [0, 0.05) is 43.4 Å². The largest absolute Gasteiger partial charge is 0.497 e. The zero-order valence-corrected chi connectivity index (χ0v) is 56.0. The maximum Gasteiger partial charge on any atom is 0.416 e. The molecule has 3 N–H and O–H groups in total. The molecule has 5 aromatic carbocycles. The highest BCUT2D eigenvalue weighted by Gasteiger charge is 2.60. The third kappa shape index (κ3) is 15.6. The van der Waals surface area contributed by atoms with E-state index in [0.29, 0.717) is 42.8 Å². The van der Waals surface area contributed by atoms with Crippen LogP contribution in [0.3, 0.4) is 0 Å². The number of nitrogens with zero attached hydrogens (tertiary/aromatic N) is 4. The number of nitrogens with one attached hydrogen (secondary N) is 3. The summed E-state index contributed by atoms with van der Waals surface area (Å²) < 4.78 is 54.1. The fraction of sp³-hybridized carbons (Fsp3) is 0.394. The summed E-state index contributed by atoms with van der Waals surface area (Å²) in [7, 11) is 1.80. The van der Waals surface area contributed by atoms with Gasteiger partial charge in [0.15, 0.2) is 37.5 Å². The second-order valence-corrected chi connectivity index (χ2v) is 30.4. The molecule has 1 saturated heterocycles. The van der Waals surface area contributed by atoms with Crippen LogP contribution in [0.4, 0.5) is 31.4 Å². The number of anilines is 3. The van der Waals surface area contributed by atoms with Gasteiger partial charge in [0.1, 0.15) is 31.6 Å². The molecule has 4 heterocycles. The van der Waals surface area contributed by atoms with Crippen LogP contribution in [0.25, 0.3) is 5.57 Å². The van der Waals surface area contributed by atoms with E-state index >= 15 is 9.59 Å². The minimum Gasteiger partial charge on any atom is -0.497 e. The van der Waals surface area contributed by atoms with Gasteiger partial charge in [-0.1, -0.05) is 101 Å². The average Bonchev–Trinajstić information content (AvgIpc) is 1.57. The number of fused-ring (bicyclic) bond motifs is 4. The Bertz CT molecular complexity index is 3740. The van der Waals surface area contributed by atoms with Crippen LogP contribution in [0, 0.1) is 5.41 Å². The lowest BCUT2D eigenvalue weighted by molar-refractivity contribution is -0.125. The molecule has 502 valence electrons. The summed E-state index contributed by atoms with van der Waals surface area (Å²) in [6, 6.07) is 27.7. The highest BCUT2D eigenvalue weighted by molar-refractivity contribution is 6.74. The highest BCUT2D eigenvalue weighted by Crippen LogP contribution is 2.58. The number of carbonyl (C=O) groups excluding carboxylic acids is 7. The maximum absolute atomic E-state index is 15.2. The van der Waals surface area contributed by atoms with Gasteiger partial charge in [0.25, 0.3) is 11.8 Å². The summed E-state index contributed by atoms with van der Waals surface area (Å²) in [5, 5.41) is 7.62. The first kappa shape index (κ1) is 68.1. The molecular weight excluding hydrogens is 1230 g/mol. The second-order valence-electron chi connectivity index (χ2n) is 25.7. The Kier molecular flexibility index (Phi) is 20.9. The molecule has 0 radical (unpaired) electrons. The third-order valence-electron chi connectivity index (χ3n) is 18.2. The first-order valence-electron chi connectivity index (χ1n) is 31.7. The molecule has 0 bridgehead atoms. The van der Waals surface area contributed by atoms with Crippen LogP contribution >= 0.6 is 0 Å². The molecular formula is C71H83N7O16Si. The summed E-state index contributed by atoms with van der Waals surface area (Å²) in [4.78, 5) is 104. The molecule has 7 amide bonds. The van der Waals surface area contributed by atoms with E-state index in [-0.39, 0.29) is 114 Å². The van der Waals surface area contributed by atoms with Gasteiger partial charge in [0.2, 0.25) is 11.8 Å². The molecule has 2 fully saturated rings. The number of hydrogen-bond acceptors (Lipinski definition) is 16. The van der Waals surface area contributed by atoms with Crippen molar-refractivity contribution >= 4 is 72.9 Å². The van der Waals surface area contributed by atoms with Crippen LogP contribution in [0.2, 0.25) is 18.1 Å². The van der Waals surface area contributed by atoms with E-state index < -0.39 is 69.3 Å². The normalized spacial score (nSPS) is 17.9. The van der Waals surface area contributed by atoms with E-state index in [9.17, 15) is 24.0 Å². The van der Waals surface area contributed by atoms with Crippen LogP contribution in [0.15, 0.2) is 135 Å². The standard InChI is InChI=1S/C71H83N7O16Si/c1-11-29-91-67(83)74-54(33-45-17-14-13-15-18-45)63(80)72-40-62(79)73-49-23-19-46(20-24-49)43-93-69(85)78-56-38-61(59(88-8)36-53(56)65(82)77-44-71(27-28-71)39-57(77)66(78)94-95(9,10)70(3,4)5)90-32-16-31-89-60-37-55-52(35-58(60)87-7)64(81)75-41-48(47-21-25-51(86-6)26-22-47)34-50(75)42-76(55)68(84)92-30-12-2/h11-15,17-26,35-38,41,50,54,57,66H,1-2,16,27-34,39-40,42-44H2,3-10H3,(H,72,80)(H,73,79)(H,74,83)/t50-,54-,57-,66?/m0/s1. The van der Waals surface area contributed by atoms with Gasteiger partial charge in [-0.2, -0.15) is 0 Å². The van der Waals surface area contributed by atoms with Crippen LogP contribution in [-0.4, -0.2) is 152 Å². The molecule has 95 heavy (non-hydrogen) atoms. The number of ether oxygens (including phenoxy) is 8. The predicted octanol–water partition coefficient (Wildman–Crippen LogP) is 11.0. The minimum absolute atomic E-state index is 0.0496. The molecule has 1 unspecified atom stereocenters. The molecule has 1 saturated carbocycles. The Balaban J connectivity index is 0.854. The van der Waals surface area contributed by atoms with E-state index in [1.54, 1.807) is 60.5 Å². The summed E-state index contributed by atoms with van der Waals surface area (Å²) in [5.41, 5.74) is 4.41. The van der Waals surface area contributed by atoms with Crippen LogP contribution < -0.4 is 49.4 Å². The third-order valence-corrected chi connectivity index (χ3v) is 22.6. The summed E-state index contributed by atoms with van der Waals surface area (Å²) in [5.74, 6) is -0.0394. The zero-order chi connectivity index (χ0) is 67.8. The number of hydrogen-bond donors (Lipinski definition) is 3. The van der Waals surface area contributed by atoms with Gasteiger partial charge >= 0.3 is 18.3 Å². The van der Waals surface area contributed by atoms with Crippen molar-refractivity contribution in [3.63, 3.8) is 0 Å². The SMILES string of the molecule is C=CCOC(=O)N[C@@H](Cc1ccccc1)C(=O)NCC(=O)Nc1ccc(COC(=O)N2c3cc(OCCCOc4cc5c(cc4OC)C(=O)N4C=C(c6ccc(OC)cc6)C[C@H]4CN5C(=O)OCC=C)c(OC)cc3C(=O)N3CC4(CC4)C[C@H]3C2O[Si](C)(C)C(C)(C)C)cc1. The fourth-order valence-corrected chi connectivity index (χ4v) is 13.1. The molecule has 5 aromatic rings. The highest BCUT2D eigenvalue weighted by atomic mass is 28.4. The minimum atomic E-state index is -2.73. The number of methoxy groups -OCH3 is 3. The predicted molar refractivity (Wildman–Crippen MR) is 359 cm³/mol. The van der Waals surface area contributed by atoms with Gasteiger partial charge in [0.05, 0.1) is 82.2 Å². The molecule has 0 aromatic heterocycles. The van der Waals surface area contributed by atoms with Gasteiger partial charge in [-0.05, 0) is 108 Å². The molecule has 4 aliphatic heterocycles. The smallest absolute Gasteiger partial charge is 0.416 e. The Morgan fingerprint density at radius 2 is 1.38 bits per heavy atom. The monoisotopic (exact) mass is 1320 g/mol. The first-order valence-corrected chi connectivity index (χ1v) is 34.6. The average molecular weight is 1320 g/mol. The van der Waals surface area contributed by atoms with Crippen molar-refractivity contribution in [1.29, 1.82) is 0 Å². The van der Waals surface area contributed by atoms with Crippen molar-refractivity contribution in [1.82, 2.24) is 20.4 Å². The topological polar surface area (TPSA) is 252 Å². The van der Waals surface area contributed by atoms with Crippen molar-refractivity contribution in [2.45, 2.75) is 108 Å². The lowest BCUT2D eigenvalue weighted by Gasteiger charge is -2.44. The van der Waals surface area contributed by atoms with E-state index in [4.69, 9.17) is 42.3 Å². The number of amides is 7. The molecule has 24 heteroatoms. The fourth-order valence-electron chi connectivity index (χ4n) is 11.9.